The van der Waals surface area contributed by atoms with E-state index in [0.717, 1.165) is 12.7 Å². The van der Waals surface area contributed by atoms with E-state index >= 15 is 0 Å². The lowest BCUT2D eigenvalue weighted by atomic mass is 10.1. The summed E-state index contributed by atoms with van der Waals surface area (Å²) in [6.07, 6.45) is -0.0589. The van der Waals surface area contributed by atoms with Crippen LogP contribution in [0.5, 0.6) is 0 Å². The van der Waals surface area contributed by atoms with E-state index in [0.29, 0.717) is 4.31 Å². The second kappa shape index (κ2) is 5.33. The summed E-state index contributed by atoms with van der Waals surface area (Å²) in [6, 6.07) is 6.09. The Kier molecular flexibility index (Phi) is 3.87. The fourth-order valence-corrected chi connectivity index (χ4v) is 3.60. The van der Waals surface area contributed by atoms with Crippen molar-refractivity contribution in [3.8, 4) is 0 Å². The molecule has 0 spiro atoms. The molecule has 0 aromatic heterocycles. The van der Waals surface area contributed by atoms with Crippen LogP contribution >= 0.6 is 0 Å². The first-order valence-electron chi connectivity index (χ1n) is 6.20. The van der Waals surface area contributed by atoms with Crippen molar-refractivity contribution in [3.63, 3.8) is 0 Å². The number of ether oxygens (including phenoxy) is 1. The van der Waals surface area contributed by atoms with Gasteiger partial charge in [0.05, 0.1) is 12.0 Å². The summed E-state index contributed by atoms with van der Waals surface area (Å²) in [6.45, 7) is 5.40. The van der Waals surface area contributed by atoms with Crippen molar-refractivity contribution in [2.24, 2.45) is 5.92 Å². The fraction of sp³-hybridized carbons (Fsp3) is 0.286. The van der Waals surface area contributed by atoms with Gasteiger partial charge in [-0.2, -0.15) is 0 Å². The van der Waals surface area contributed by atoms with Gasteiger partial charge in [-0.05, 0) is 19.1 Å². The van der Waals surface area contributed by atoms with E-state index in [4.69, 9.17) is 0 Å². The third-order valence-corrected chi connectivity index (χ3v) is 5.06. The minimum absolute atomic E-state index is 0.0203. The first-order valence-corrected chi connectivity index (χ1v) is 7.64. The van der Waals surface area contributed by atoms with Gasteiger partial charge in [0.25, 0.3) is 15.9 Å². The van der Waals surface area contributed by atoms with Crippen LogP contribution in [-0.4, -0.2) is 31.7 Å². The first-order chi connectivity index (χ1) is 9.78. The lowest BCUT2D eigenvalue weighted by Crippen LogP contribution is -2.35. The molecule has 1 fully saturated rings. The summed E-state index contributed by atoms with van der Waals surface area (Å²) >= 11 is 0. The molecule has 0 saturated carbocycles. The Morgan fingerprint density at radius 3 is 2.43 bits per heavy atom. The number of carbonyl (C=O) groups is 2. The summed E-state index contributed by atoms with van der Waals surface area (Å²) in [5.41, 5.74) is 0.962. The minimum Gasteiger partial charge on any atom is -0.468 e. The Morgan fingerprint density at radius 2 is 1.90 bits per heavy atom. The van der Waals surface area contributed by atoms with Gasteiger partial charge in [-0.1, -0.05) is 24.3 Å². The van der Waals surface area contributed by atoms with E-state index in [9.17, 15) is 18.0 Å². The summed E-state index contributed by atoms with van der Waals surface area (Å²) in [7, 11) is -2.90. The predicted octanol–water partition coefficient (Wildman–Crippen LogP) is 1.22. The van der Waals surface area contributed by atoms with Gasteiger partial charge < -0.3 is 4.74 Å². The van der Waals surface area contributed by atoms with Gasteiger partial charge in [0, 0.05) is 12.1 Å². The molecule has 0 aliphatic carbocycles. The third-order valence-electron chi connectivity index (χ3n) is 3.27. The Hall–Kier alpha value is -2.15. The van der Waals surface area contributed by atoms with Gasteiger partial charge in [-0.15, -0.1) is 0 Å². The van der Waals surface area contributed by atoms with Crippen LogP contribution in [0, 0.1) is 12.8 Å². The fourth-order valence-electron chi connectivity index (χ4n) is 2.13. The zero-order valence-corrected chi connectivity index (χ0v) is 12.5. The highest BCUT2D eigenvalue weighted by Crippen LogP contribution is 2.33. The maximum atomic E-state index is 12.5. The van der Waals surface area contributed by atoms with Crippen molar-refractivity contribution in [3.05, 3.63) is 42.1 Å². The molecule has 1 amide bonds. The van der Waals surface area contributed by atoms with E-state index < -0.39 is 27.8 Å². The van der Waals surface area contributed by atoms with Gasteiger partial charge in [0.2, 0.25) is 0 Å². The monoisotopic (exact) mass is 309 g/mol. The third kappa shape index (κ3) is 2.56. The Bertz CT molecular complexity index is 705. The standard InChI is InChI=1S/C14H15NO5S/c1-9-4-6-11(7-5-9)21(18,19)15-10(2)8-12(13(15)16)14(17)20-3/h4-7,12H,2,8H2,1,3H3. The molecule has 21 heavy (non-hydrogen) atoms. The van der Waals surface area contributed by atoms with E-state index in [1.54, 1.807) is 12.1 Å². The van der Waals surface area contributed by atoms with E-state index in [1.165, 1.54) is 12.1 Å². The molecule has 1 aliphatic heterocycles. The Labute approximate surface area is 123 Å². The Balaban J connectivity index is 2.41. The second-order valence-corrected chi connectivity index (χ2v) is 6.55. The minimum atomic E-state index is -4.05. The van der Waals surface area contributed by atoms with Crippen molar-refractivity contribution in [2.45, 2.75) is 18.2 Å². The van der Waals surface area contributed by atoms with Crippen LogP contribution in [0.4, 0.5) is 0 Å². The van der Waals surface area contributed by atoms with Crippen molar-refractivity contribution in [2.75, 3.05) is 7.11 Å². The SMILES string of the molecule is C=C1CC(C(=O)OC)C(=O)N1S(=O)(=O)c1ccc(C)cc1. The summed E-state index contributed by atoms with van der Waals surface area (Å²) in [5, 5.41) is 0. The van der Waals surface area contributed by atoms with Gasteiger partial charge >= 0.3 is 5.97 Å². The lowest BCUT2D eigenvalue weighted by molar-refractivity contribution is -0.149. The number of sulfonamides is 1. The molecule has 0 N–H and O–H groups in total. The topological polar surface area (TPSA) is 80.8 Å². The smallest absolute Gasteiger partial charge is 0.318 e. The van der Waals surface area contributed by atoms with E-state index in [-0.39, 0.29) is 17.0 Å². The quantitative estimate of drug-likeness (QED) is 0.619. The van der Waals surface area contributed by atoms with Gasteiger partial charge in [-0.25, -0.2) is 12.7 Å². The van der Waals surface area contributed by atoms with Crippen LogP contribution in [0.1, 0.15) is 12.0 Å². The van der Waals surface area contributed by atoms with Crippen LogP contribution in [0.15, 0.2) is 41.4 Å². The molecular weight excluding hydrogens is 294 g/mol. The summed E-state index contributed by atoms with van der Waals surface area (Å²) < 4.78 is 30.1. The van der Waals surface area contributed by atoms with Gasteiger partial charge in [-0.3, -0.25) is 9.59 Å². The number of nitrogens with zero attached hydrogens (tertiary/aromatic N) is 1. The molecule has 7 heteroatoms. The molecule has 112 valence electrons. The van der Waals surface area contributed by atoms with Crippen LogP contribution in [0.3, 0.4) is 0 Å². The summed E-state index contributed by atoms with van der Waals surface area (Å²) in [5.74, 6) is -2.74. The van der Waals surface area contributed by atoms with Gasteiger partial charge in [0.15, 0.2) is 0 Å². The van der Waals surface area contributed by atoms with Crippen molar-refractivity contribution in [1.82, 2.24) is 4.31 Å². The zero-order valence-electron chi connectivity index (χ0n) is 11.7. The normalized spacial score (nSPS) is 19.0. The number of carbonyl (C=O) groups excluding carboxylic acids is 2. The number of allylic oxidation sites excluding steroid dienone is 1. The maximum absolute atomic E-state index is 12.5. The number of rotatable bonds is 3. The van der Waals surface area contributed by atoms with E-state index in [2.05, 4.69) is 11.3 Å². The lowest BCUT2D eigenvalue weighted by Gasteiger charge is -2.17. The van der Waals surface area contributed by atoms with Crippen molar-refractivity contribution >= 4 is 21.9 Å². The molecule has 2 rings (SSSR count). The number of hydrogen-bond acceptors (Lipinski definition) is 5. The van der Waals surface area contributed by atoms with Crippen LogP contribution in [-0.2, 0) is 24.3 Å². The molecular formula is C14H15NO5S. The van der Waals surface area contributed by atoms with Crippen LogP contribution in [0.2, 0.25) is 0 Å². The van der Waals surface area contributed by atoms with Crippen molar-refractivity contribution in [1.29, 1.82) is 0 Å². The largest absolute Gasteiger partial charge is 0.468 e. The molecule has 0 bridgehead atoms. The first kappa shape index (κ1) is 15.2. The second-order valence-electron chi connectivity index (χ2n) is 4.77. The molecule has 1 aromatic carbocycles. The number of amides is 1. The van der Waals surface area contributed by atoms with E-state index in [1.807, 2.05) is 6.92 Å². The average molecular weight is 309 g/mol. The molecule has 1 atom stereocenters. The molecule has 6 nitrogen and oxygen atoms in total. The van der Waals surface area contributed by atoms with Crippen LogP contribution < -0.4 is 0 Å². The number of methoxy groups -OCH3 is 1. The molecule has 1 aliphatic rings. The van der Waals surface area contributed by atoms with Crippen LogP contribution in [0.25, 0.3) is 0 Å². The highest BCUT2D eigenvalue weighted by atomic mass is 32.2. The Morgan fingerprint density at radius 1 is 1.33 bits per heavy atom. The highest BCUT2D eigenvalue weighted by Gasteiger charge is 2.46. The molecule has 1 aromatic rings. The average Bonchev–Trinajstić information content (AvgIpc) is 2.74. The number of benzene rings is 1. The summed E-state index contributed by atoms with van der Waals surface area (Å²) in [4.78, 5) is 23.7. The number of esters is 1. The highest BCUT2D eigenvalue weighted by molar-refractivity contribution is 7.89. The van der Waals surface area contributed by atoms with Crippen molar-refractivity contribution < 1.29 is 22.7 Å². The molecule has 1 unspecified atom stereocenters. The predicted molar refractivity (Wildman–Crippen MR) is 74.5 cm³/mol. The van der Waals surface area contributed by atoms with Gasteiger partial charge in [0.1, 0.15) is 5.92 Å². The number of aryl methyl sites for hydroxylation is 1. The zero-order chi connectivity index (χ0) is 15.8. The molecule has 0 radical (unpaired) electrons. The molecule has 1 saturated heterocycles. The molecule has 1 heterocycles. The number of hydrogen-bond donors (Lipinski definition) is 0. The maximum Gasteiger partial charge on any atom is 0.318 e.